The summed E-state index contributed by atoms with van der Waals surface area (Å²) in [6.45, 7) is 5.95. The molecule has 0 unspecified atom stereocenters. The van der Waals surface area contributed by atoms with E-state index >= 15 is 0 Å². The van der Waals surface area contributed by atoms with Gasteiger partial charge in [0, 0.05) is 39.0 Å². The van der Waals surface area contributed by atoms with Gasteiger partial charge in [-0.25, -0.2) is 9.97 Å². The fourth-order valence-electron chi connectivity index (χ4n) is 4.17. The van der Waals surface area contributed by atoms with Gasteiger partial charge in [0.2, 0.25) is 11.9 Å². The summed E-state index contributed by atoms with van der Waals surface area (Å²) in [6.07, 6.45) is 4.42. The van der Waals surface area contributed by atoms with E-state index in [1.165, 1.54) is 11.1 Å². The second-order valence-corrected chi connectivity index (χ2v) is 8.34. The first-order chi connectivity index (χ1) is 16.5. The fourth-order valence-corrected chi connectivity index (χ4v) is 4.17. The van der Waals surface area contributed by atoms with E-state index in [0.29, 0.717) is 32.1 Å². The first-order valence-corrected chi connectivity index (χ1v) is 11.3. The van der Waals surface area contributed by atoms with Gasteiger partial charge in [0.25, 0.3) is 5.97 Å². The SMILES string of the molecule is CC(=O)O.O=C(CN1CCc2ccccc2C1)N1CCn2nc(CNc3ncccn3)cc2C1. The average Bonchev–Trinajstić information content (AvgIpc) is 3.25. The molecule has 4 heterocycles. The highest BCUT2D eigenvalue weighted by Gasteiger charge is 2.25. The summed E-state index contributed by atoms with van der Waals surface area (Å²) in [5, 5.41) is 15.2. The zero-order valence-electron chi connectivity index (χ0n) is 19.2. The molecule has 178 valence electrons. The van der Waals surface area contributed by atoms with Crippen molar-refractivity contribution in [3.05, 3.63) is 71.3 Å². The number of benzene rings is 1. The van der Waals surface area contributed by atoms with Crippen molar-refractivity contribution in [3.8, 4) is 0 Å². The smallest absolute Gasteiger partial charge is 0.300 e. The van der Waals surface area contributed by atoms with Crippen LogP contribution in [0.2, 0.25) is 0 Å². The van der Waals surface area contributed by atoms with E-state index in [2.05, 4.69) is 55.6 Å². The molecule has 0 bridgehead atoms. The van der Waals surface area contributed by atoms with Crippen molar-refractivity contribution in [2.24, 2.45) is 0 Å². The van der Waals surface area contributed by atoms with Crippen LogP contribution < -0.4 is 5.32 Å². The Bertz CT molecular complexity index is 1130. The zero-order valence-corrected chi connectivity index (χ0v) is 19.2. The van der Waals surface area contributed by atoms with Crippen molar-refractivity contribution in [1.82, 2.24) is 29.5 Å². The Kier molecular flexibility index (Phi) is 7.48. The van der Waals surface area contributed by atoms with Crippen LogP contribution in [0.3, 0.4) is 0 Å². The molecular weight excluding hydrogens is 434 g/mol. The van der Waals surface area contributed by atoms with Crippen LogP contribution in [0.5, 0.6) is 0 Å². The van der Waals surface area contributed by atoms with Gasteiger partial charge in [0.15, 0.2) is 0 Å². The molecule has 0 spiro atoms. The monoisotopic (exact) mass is 463 g/mol. The summed E-state index contributed by atoms with van der Waals surface area (Å²) < 4.78 is 2.00. The van der Waals surface area contributed by atoms with Crippen molar-refractivity contribution in [1.29, 1.82) is 0 Å². The van der Waals surface area contributed by atoms with Crippen molar-refractivity contribution in [3.63, 3.8) is 0 Å². The molecule has 2 aromatic heterocycles. The Balaban J connectivity index is 0.000000636. The highest BCUT2D eigenvalue weighted by molar-refractivity contribution is 5.78. The topological polar surface area (TPSA) is 116 Å². The van der Waals surface area contributed by atoms with Gasteiger partial charge in [0.1, 0.15) is 0 Å². The lowest BCUT2D eigenvalue weighted by atomic mass is 10.00. The maximum Gasteiger partial charge on any atom is 0.300 e. The lowest BCUT2D eigenvalue weighted by Gasteiger charge is -2.32. The quantitative estimate of drug-likeness (QED) is 0.588. The molecule has 10 heteroatoms. The summed E-state index contributed by atoms with van der Waals surface area (Å²) >= 11 is 0. The first kappa shape index (κ1) is 23.4. The number of fused-ring (bicyclic) bond motifs is 2. The van der Waals surface area contributed by atoms with E-state index < -0.39 is 5.97 Å². The van der Waals surface area contributed by atoms with Crippen LogP contribution >= 0.6 is 0 Å². The maximum atomic E-state index is 12.9. The van der Waals surface area contributed by atoms with Gasteiger partial charge in [-0.15, -0.1) is 0 Å². The van der Waals surface area contributed by atoms with Crippen LogP contribution in [-0.2, 0) is 42.2 Å². The number of carbonyl (C=O) groups is 2. The van der Waals surface area contributed by atoms with Gasteiger partial charge in [-0.1, -0.05) is 24.3 Å². The molecule has 2 aliphatic rings. The Morgan fingerprint density at radius 1 is 1.03 bits per heavy atom. The summed E-state index contributed by atoms with van der Waals surface area (Å²) in [6, 6.07) is 12.4. The van der Waals surface area contributed by atoms with Crippen LogP contribution in [0.1, 0.15) is 29.4 Å². The number of nitrogens with zero attached hydrogens (tertiary/aromatic N) is 6. The number of anilines is 1. The average molecular weight is 464 g/mol. The maximum absolute atomic E-state index is 12.9. The molecule has 0 fully saturated rings. The van der Waals surface area contributed by atoms with E-state index in [1.54, 1.807) is 18.5 Å². The third-order valence-electron chi connectivity index (χ3n) is 5.76. The molecule has 0 atom stereocenters. The van der Waals surface area contributed by atoms with E-state index in [1.807, 2.05) is 9.58 Å². The molecule has 2 aliphatic heterocycles. The van der Waals surface area contributed by atoms with Crippen molar-refractivity contribution >= 4 is 17.8 Å². The van der Waals surface area contributed by atoms with E-state index in [-0.39, 0.29) is 5.91 Å². The lowest BCUT2D eigenvalue weighted by Crippen LogP contribution is -2.45. The van der Waals surface area contributed by atoms with Gasteiger partial charge in [-0.2, -0.15) is 5.10 Å². The van der Waals surface area contributed by atoms with E-state index in [4.69, 9.17) is 9.90 Å². The molecule has 0 aliphatic carbocycles. The predicted molar refractivity (Wildman–Crippen MR) is 126 cm³/mol. The van der Waals surface area contributed by atoms with Gasteiger partial charge in [-0.05, 0) is 29.7 Å². The van der Waals surface area contributed by atoms with Gasteiger partial charge in [0.05, 0.1) is 37.6 Å². The third kappa shape index (κ3) is 6.16. The van der Waals surface area contributed by atoms with Gasteiger partial charge < -0.3 is 15.3 Å². The minimum absolute atomic E-state index is 0.194. The molecular formula is C24H29N7O3. The number of aromatic nitrogens is 4. The summed E-state index contributed by atoms with van der Waals surface area (Å²) in [7, 11) is 0. The van der Waals surface area contributed by atoms with Gasteiger partial charge in [-0.3, -0.25) is 19.2 Å². The Morgan fingerprint density at radius 2 is 1.76 bits per heavy atom. The van der Waals surface area contributed by atoms with Crippen molar-refractivity contribution < 1.29 is 14.7 Å². The zero-order chi connectivity index (χ0) is 23.9. The number of carboxylic acid groups (broad SMARTS) is 1. The predicted octanol–water partition coefficient (Wildman–Crippen LogP) is 1.78. The second kappa shape index (κ2) is 10.9. The lowest BCUT2D eigenvalue weighted by molar-refractivity contribution is -0.135. The Labute approximate surface area is 198 Å². The highest BCUT2D eigenvalue weighted by atomic mass is 16.4. The molecule has 2 N–H and O–H groups in total. The first-order valence-electron chi connectivity index (χ1n) is 11.3. The molecule has 0 saturated heterocycles. The Hall–Kier alpha value is -3.79. The molecule has 10 nitrogen and oxygen atoms in total. The van der Waals surface area contributed by atoms with Crippen LogP contribution in [0.25, 0.3) is 0 Å². The van der Waals surface area contributed by atoms with Crippen LogP contribution in [0.4, 0.5) is 5.95 Å². The van der Waals surface area contributed by atoms with Crippen LogP contribution in [0, 0.1) is 0 Å². The Morgan fingerprint density at radius 3 is 2.53 bits per heavy atom. The third-order valence-corrected chi connectivity index (χ3v) is 5.76. The molecule has 0 radical (unpaired) electrons. The normalized spacial score (nSPS) is 14.9. The molecule has 1 aromatic carbocycles. The summed E-state index contributed by atoms with van der Waals surface area (Å²) in [4.78, 5) is 34.5. The standard InChI is InChI=1S/C22H25N7O.C2H4O2/c30-21(16-27-9-6-17-4-1-2-5-18(17)14-27)28-10-11-29-20(15-28)12-19(26-29)13-25-22-23-7-3-8-24-22;1-2(3)4/h1-5,7-8,12H,6,9-11,13-16H2,(H,23,24,25);1H3,(H,3,4). The fraction of sp³-hybridized carbons (Fsp3) is 0.375. The van der Waals surface area contributed by atoms with Crippen LogP contribution in [0.15, 0.2) is 48.8 Å². The van der Waals surface area contributed by atoms with Crippen molar-refractivity contribution in [2.45, 2.75) is 39.5 Å². The molecule has 0 saturated carbocycles. The minimum atomic E-state index is -0.833. The van der Waals surface area contributed by atoms with Gasteiger partial charge >= 0.3 is 0 Å². The number of amides is 1. The minimum Gasteiger partial charge on any atom is -0.481 e. The number of hydrogen-bond acceptors (Lipinski definition) is 7. The summed E-state index contributed by atoms with van der Waals surface area (Å²) in [5.41, 5.74) is 4.75. The van der Waals surface area contributed by atoms with Crippen molar-refractivity contribution in [2.75, 3.05) is 25.0 Å². The summed E-state index contributed by atoms with van der Waals surface area (Å²) in [5.74, 6) is -0.0532. The second-order valence-electron chi connectivity index (χ2n) is 8.34. The van der Waals surface area contributed by atoms with Crippen LogP contribution in [-0.4, -0.2) is 66.2 Å². The number of rotatable bonds is 5. The number of carbonyl (C=O) groups excluding carboxylic acids is 1. The molecule has 3 aromatic rings. The molecule has 34 heavy (non-hydrogen) atoms. The highest BCUT2D eigenvalue weighted by Crippen LogP contribution is 2.19. The largest absolute Gasteiger partial charge is 0.481 e. The molecule has 1 amide bonds. The number of aliphatic carboxylic acids is 1. The number of carboxylic acids is 1. The molecule has 5 rings (SSSR count). The number of hydrogen-bond donors (Lipinski definition) is 2. The van der Waals surface area contributed by atoms with E-state index in [9.17, 15) is 4.79 Å². The number of nitrogens with one attached hydrogen (secondary N) is 1. The van der Waals surface area contributed by atoms with E-state index in [0.717, 1.165) is 44.4 Å².